The van der Waals surface area contributed by atoms with E-state index in [1.807, 2.05) is 0 Å². The number of methoxy groups -OCH3 is 1. The highest BCUT2D eigenvalue weighted by Crippen LogP contribution is 2.29. The van der Waals surface area contributed by atoms with Crippen LogP contribution in [0.15, 0.2) is 82.1 Å². The van der Waals surface area contributed by atoms with Gasteiger partial charge in [0.1, 0.15) is 59.3 Å². The van der Waals surface area contributed by atoms with Crippen molar-refractivity contribution in [2.45, 2.75) is 128 Å². The highest BCUT2D eigenvalue weighted by Gasteiger charge is 2.36. The Balaban J connectivity index is 1.25. The Labute approximate surface area is 539 Å². The van der Waals surface area contributed by atoms with Gasteiger partial charge in [-0.3, -0.25) is 77.8 Å². The number of benzene rings is 3. The second-order valence-corrected chi connectivity index (χ2v) is 22.5. The van der Waals surface area contributed by atoms with Gasteiger partial charge >= 0.3 is 17.6 Å². The second kappa shape index (κ2) is 34.8. The Morgan fingerprint density at radius 2 is 1.22 bits per heavy atom. The van der Waals surface area contributed by atoms with Crippen LogP contribution in [-0.4, -0.2) is 159 Å². The summed E-state index contributed by atoms with van der Waals surface area (Å²) in [5.74, 6) is -15.0. The van der Waals surface area contributed by atoms with Gasteiger partial charge in [-0.25, -0.2) is 4.79 Å². The van der Waals surface area contributed by atoms with Crippen molar-refractivity contribution in [2.24, 2.45) is 23.3 Å². The highest BCUT2D eigenvalue weighted by atomic mass is 16.6. The fraction of sp³-hybridized carbons (Fsp3) is 0.417. The number of aromatic nitrogens is 1. The first-order valence-electron chi connectivity index (χ1n) is 29.6. The fourth-order valence-corrected chi connectivity index (χ4v) is 9.78. The molecule has 5 aromatic rings. The number of H-pyrrole nitrogens is 1. The van der Waals surface area contributed by atoms with Crippen LogP contribution < -0.4 is 69.7 Å². The number of nitrogens with one attached hydrogen (secondary N) is 10. The average Bonchev–Trinajstić information content (AvgIpc) is 1.52. The zero-order chi connectivity index (χ0) is 70.4. The van der Waals surface area contributed by atoms with E-state index >= 15 is 0 Å². The predicted molar refractivity (Wildman–Crippen MR) is 335 cm³/mol. The monoisotopic (exact) mass is 1330 g/mol. The van der Waals surface area contributed by atoms with E-state index in [0.29, 0.717) is 27.6 Å². The van der Waals surface area contributed by atoms with Crippen molar-refractivity contribution in [3.63, 3.8) is 0 Å². The molecule has 35 heteroatoms. The van der Waals surface area contributed by atoms with Crippen LogP contribution in [0.3, 0.4) is 0 Å². The van der Waals surface area contributed by atoms with E-state index in [2.05, 4.69) is 52.8 Å². The fourth-order valence-electron chi connectivity index (χ4n) is 9.78. The molecular formula is C60H74N14O21. The average molecular weight is 1330 g/mol. The van der Waals surface area contributed by atoms with Crippen LogP contribution in [0.2, 0.25) is 0 Å². The van der Waals surface area contributed by atoms with Gasteiger partial charge in [0.15, 0.2) is 0 Å². The van der Waals surface area contributed by atoms with Gasteiger partial charge < -0.3 is 83.7 Å². The number of carboxylic acids is 2. The number of hydrogen-bond donors (Lipinski definition) is 14. The number of anilines is 1. The number of nitro benzene ring substituents is 2. The second-order valence-electron chi connectivity index (χ2n) is 22.5. The number of amides is 10. The first-order chi connectivity index (χ1) is 44.8. The van der Waals surface area contributed by atoms with Crippen molar-refractivity contribution in [3.05, 3.63) is 115 Å². The third kappa shape index (κ3) is 22.4. The number of nitro groups is 2. The van der Waals surface area contributed by atoms with Gasteiger partial charge in [-0.15, -0.1) is 0 Å². The lowest BCUT2D eigenvalue weighted by Crippen LogP contribution is -2.61. The number of aromatic amines is 1. The number of aliphatic carboxylic acids is 2. The van der Waals surface area contributed by atoms with Crippen LogP contribution in [-0.2, 0) is 70.4 Å². The number of hydrogen-bond acceptors (Lipinski definition) is 20. The molecule has 0 spiro atoms. The van der Waals surface area contributed by atoms with Crippen LogP contribution in [0, 0.1) is 32.1 Å². The number of carbonyl (C=O) groups is 12. The summed E-state index contributed by atoms with van der Waals surface area (Å²) in [6, 6.07) is 4.05. The number of unbranched alkanes of at least 4 members (excludes halogenated alkanes) is 1. The topological polar surface area (TPSA) is 547 Å². The van der Waals surface area contributed by atoms with Crippen molar-refractivity contribution in [1.82, 2.24) is 47.5 Å². The minimum absolute atomic E-state index is 0.00640. The van der Waals surface area contributed by atoms with Gasteiger partial charge in [0.2, 0.25) is 59.1 Å². The first-order valence-corrected chi connectivity index (χ1v) is 29.6. The van der Waals surface area contributed by atoms with E-state index in [4.69, 9.17) is 20.6 Å². The molecule has 0 aliphatic carbocycles. The molecule has 95 heavy (non-hydrogen) atoms. The molecule has 0 aliphatic rings. The molecule has 0 aliphatic heterocycles. The van der Waals surface area contributed by atoms with Crippen LogP contribution >= 0.6 is 0 Å². The van der Waals surface area contributed by atoms with Crippen LogP contribution in [0.5, 0.6) is 5.75 Å². The van der Waals surface area contributed by atoms with Crippen LogP contribution in [0.1, 0.15) is 83.8 Å². The zero-order valence-corrected chi connectivity index (χ0v) is 52.1. The summed E-state index contributed by atoms with van der Waals surface area (Å²) < 4.78 is 10.4. The van der Waals surface area contributed by atoms with Crippen LogP contribution in [0.4, 0.5) is 17.1 Å². The van der Waals surface area contributed by atoms with Crippen molar-refractivity contribution in [1.29, 1.82) is 0 Å². The molecule has 16 N–H and O–H groups in total. The zero-order valence-electron chi connectivity index (χ0n) is 52.1. The number of non-ortho nitro benzene ring substituents is 1. The number of primary amides is 2. The maximum atomic E-state index is 14.1. The summed E-state index contributed by atoms with van der Waals surface area (Å²) in [6.45, 7) is 5.06. The number of ether oxygens (including phenoxy) is 1. The van der Waals surface area contributed by atoms with Crippen molar-refractivity contribution in [2.75, 3.05) is 25.5 Å². The van der Waals surface area contributed by atoms with Crippen LogP contribution in [0.25, 0.3) is 21.9 Å². The summed E-state index contributed by atoms with van der Waals surface area (Å²) in [6.07, 6.45) is -2.00. The summed E-state index contributed by atoms with van der Waals surface area (Å²) in [5.41, 5.74) is 10.7. The molecule has 10 amide bonds. The molecule has 510 valence electrons. The van der Waals surface area contributed by atoms with Gasteiger partial charge in [-0.2, -0.15) is 0 Å². The molecule has 0 saturated carbocycles. The van der Waals surface area contributed by atoms with Gasteiger partial charge in [0, 0.05) is 60.1 Å². The van der Waals surface area contributed by atoms with Gasteiger partial charge in [-0.05, 0) is 72.9 Å². The van der Waals surface area contributed by atoms with E-state index in [1.165, 1.54) is 46.9 Å². The number of carboxylic acid groups (broad SMARTS) is 2. The quantitative estimate of drug-likeness (QED) is 0.0104. The Morgan fingerprint density at radius 3 is 1.82 bits per heavy atom. The summed E-state index contributed by atoms with van der Waals surface area (Å²) in [5, 5.41) is 65.1. The summed E-state index contributed by atoms with van der Waals surface area (Å²) in [4.78, 5) is 196. The molecule has 7 atom stereocenters. The Kier molecular flexibility index (Phi) is 27.1. The number of rotatable bonds is 38. The van der Waals surface area contributed by atoms with E-state index in [1.54, 1.807) is 42.6 Å². The lowest BCUT2D eigenvalue weighted by atomic mass is 10.0. The predicted octanol–water partition coefficient (Wildman–Crippen LogP) is -0.311. The van der Waals surface area contributed by atoms with Crippen molar-refractivity contribution in [3.8, 4) is 5.75 Å². The van der Waals surface area contributed by atoms with Gasteiger partial charge in [-0.1, -0.05) is 45.9 Å². The third-order valence-corrected chi connectivity index (χ3v) is 14.7. The minimum Gasteiger partial charge on any atom is -0.497 e. The van der Waals surface area contributed by atoms with Gasteiger partial charge in [0.05, 0.1) is 48.8 Å². The highest BCUT2D eigenvalue weighted by molar-refractivity contribution is 6.00. The SMILES string of the molecule is COc1ccc2c(CC(=O)NC(C(=O)NC(CC(=O)O)C(=O)NC(CCC(N)=O)C(=O)NC(C(=O)NC(CC(=O)O)C(=O)NCC(=O)NC(Cc3c[nH]c4ccccc34)C(=O)NC(CCCCNc3ccc([N+](=O)[O-])cc3[N+](=O)[O-])C(N)=O)C(C)C)C(C)C)cc(=O)oc2c1. The molecule has 0 saturated heterocycles. The molecule has 3 aromatic carbocycles. The number of fused-ring (bicyclic) bond motifs is 2. The van der Waals surface area contributed by atoms with E-state index < -0.39 is 191 Å². The summed E-state index contributed by atoms with van der Waals surface area (Å²) >= 11 is 0. The standard InChI is InChI=1S/C60H74N14O21/c1-29(2)52(71-47(76)21-31-22-51(82)95-45-24-34(94-5)14-15-36(31)45)59(88)70-43(26-50(80)81)58(87)68-40(17-18-46(61)75)56(85)72-53(30(3)4)60(89)69-42(25-49(78)79)55(84)65-28-48(77)66-41(20-32-27-64-37-11-7-6-10-35(32)37)57(86)67-39(54(62)83)12-8-9-19-63-38-16-13-33(73(90)91)23-44(38)74(92)93/h6-7,10-11,13-16,22-24,27,29-30,39-43,52-53,63-64H,8-9,12,17-21,25-26,28H2,1-5H3,(H2,61,75)(H2,62,83)(H,65,84)(H,66,77)(H,67,86)(H,68,87)(H,69,89)(H,70,88)(H,71,76)(H,72,85)(H,78,79)(H,80,81). The Bertz CT molecular complexity index is 3790. The number of nitrogens with two attached hydrogens (primary N) is 2. The molecule has 0 fully saturated rings. The van der Waals surface area contributed by atoms with E-state index in [9.17, 15) is 92.8 Å². The maximum Gasteiger partial charge on any atom is 0.336 e. The number of para-hydroxylation sites is 1. The maximum absolute atomic E-state index is 14.1. The first kappa shape index (κ1) is 74.2. The van der Waals surface area contributed by atoms with Gasteiger partial charge in [0.25, 0.3) is 11.4 Å². The number of nitrogens with zero attached hydrogens (tertiary/aromatic N) is 2. The molecule has 0 radical (unpaired) electrons. The summed E-state index contributed by atoms with van der Waals surface area (Å²) in [7, 11) is 1.40. The lowest BCUT2D eigenvalue weighted by molar-refractivity contribution is -0.393. The smallest absolute Gasteiger partial charge is 0.336 e. The number of carbonyl (C=O) groups excluding carboxylic acids is 10. The largest absolute Gasteiger partial charge is 0.497 e. The van der Waals surface area contributed by atoms with Crippen molar-refractivity contribution >= 4 is 110 Å². The van der Waals surface area contributed by atoms with E-state index in [0.717, 1.165) is 18.2 Å². The minimum atomic E-state index is -1.96. The molecule has 2 heterocycles. The molecule has 5 rings (SSSR count). The molecule has 7 unspecified atom stereocenters. The normalized spacial score (nSPS) is 13.3. The lowest BCUT2D eigenvalue weighted by Gasteiger charge is -2.28. The molecule has 0 bridgehead atoms. The Morgan fingerprint density at radius 1 is 0.621 bits per heavy atom. The third-order valence-electron chi connectivity index (χ3n) is 14.7. The van der Waals surface area contributed by atoms with E-state index in [-0.39, 0.29) is 49.1 Å². The molecule has 35 nitrogen and oxygen atoms in total. The van der Waals surface area contributed by atoms with Crippen molar-refractivity contribution < 1.29 is 86.7 Å². The Hall–Kier alpha value is -11.6. The molecule has 2 aromatic heterocycles. The molecular weight excluding hydrogens is 1250 g/mol.